The van der Waals surface area contributed by atoms with Crippen LogP contribution in [0.2, 0.25) is 0 Å². The summed E-state index contributed by atoms with van der Waals surface area (Å²) in [6.45, 7) is 13.8. The van der Waals surface area contributed by atoms with Crippen molar-refractivity contribution in [2.45, 2.75) is 291 Å². The maximum atomic E-state index is 13.5. The average Bonchev–Trinajstić information content (AvgIpc) is 3.37. The van der Waals surface area contributed by atoms with E-state index in [1.165, 1.54) is 268 Å². The second kappa shape index (κ2) is 42.8. The van der Waals surface area contributed by atoms with E-state index in [1.54, 1.807) is 0 Å². The first-order valence-corrected chi connectivity index (χ1v) is 30.7. The van der Waals surface area contributed by atoms with E-state index in [0.29, 0.717) is 0 Å². The van der Waals surface area contributed by atoms with Crippen molar-refractivity contribution in [2.75, 3.05) is 36.0 Å². The van der Waals surface area contributed by atoms with Crippen LogP contribution in [0, 0.1) is 0 Å². The highest BCUT2D eigenvalue weighted by atomic mass is 16.1. The van der Waals surface area contributed by atoms with Crippen LogP contribution in [0.1, 0.15) is 302 Å². The monoisotopic (exact) mass is 949 g/mol. The second-order valence-electron chi connectivity index (χ2n) is 21.7. The van der Waals surface area contributed by atoms with Crippen molar-refractivity contribution in [3.05, 3.63) is 70.8 Å². The molecule has 2 aromatic rings. The van der Waals surface area contributed by atoms with Crippen LogP contribution in [-0.2, 0) is 4.79 Å². The standard InChI is InChI=1S/C66H112N2O/c1-5-9-13-17-21-25-29-33-37-41-53-67(54-42-38-34-30-26-22-18-14-10-6-2)64-49-45-60(46-50-64)57-62-59-63(66(62)69)58-61-47-51-65(52-48-61)68(55-43-39-35-31-27-23-19-15-11-7-3)56-44-40-36-32-28-24-20-16-12-8-4/h45-52,57-58H,5-44,53-56,59H2,1-4H3/b62-57+,63-58+. The summed E-state index contributed by atoms with van der Waals surface area (Å²) in [5.41, 5.74) is 6.87. The summed E-state index contributed by atoms with van der Waals surface area (Å²) in [5, 5.41) is 0. The number of benzene rings is 2. The van der Waals surface area contributed by atoms with Crippen molar-refractivity contribution >= 4 is 29.3 Å². The van der Waals surface area contributed by atoms with Crippen LogP contribution in [-0.4, -0.2) is 32.0 Å². The number of Topliss-reactive ketones (excluding diaryl/α,β-unsaturated/α-hetero) is 1. The van der Waals surface area contributed by atoms with Crippen LogP contribution in [0.3, 0.4) is 0 Å². The fourth-order valence-electron chi connectivity index (χ4n) is 10.6. The van der Waals surface area contributed by atoms with Gasteiger partial charge in [0.05, 0.1) is 0 Å². The van der Waals surface area contributed by atoms with E-state index in [-0.39, 0.29) is 5.78 Å². The number of anilines is 2. The van der Waals surface area contributed by atoms with Gasteiger partial charge in [-0.1, -0.05) is 283 Å². The molecule has 1 aliphatic rings. The molecule has 1 fully saturated rings. The quantitative estimate of drug-likeness (QED) is 0.0488. The van der Waals surface area contributed by atoms with Crippen LogP contribution in [0.25, 0.3) is 12.2 Å². The predicted molar refractivity (Wildman–Crippen MR) is 310 cm³/mol. The summed E-state index contributed by atoms with van der Waals surface area (Å²) >= 11 is 0. The third-order valence-electron chi connectivity index (χ3n) is 15.3. The zero-order valence-electron chi connectivity index (χ0n) is 46.4. The van der Waals surface area contributed by atoms with Crippen molar-refractivity contribution in [1.29, 1.82) is 0 Å². The van der Waals surface area contributed by atoms with Crippen LogP contribution >= 0.6 is 0 Å². The molecular weight excluding hydrogens is 837 g/mol. The maximum absolute atomic E-state index is 13.5. The van der Waals surface area contributed by atoms with Gasteiger partial charge in [0, 0.05) is 55.1 Å². The molecule has 0 unspecified atom stereocenters. The lowest BCUT2D eigenvalue weighted by molar-refractivity contribution is -0.114. The van der Waals surface area contributed by atoms with E-state index in [4.69, 9.17) is 0 Å². The molecule has 392 valence electrons. The van der Waals surface area contributed by atoms with Crippen molar-refractivity contribution < 1.29 is 4.79 Å². The van der Waals surface area contributed by atoms with Gasteiger partial charge in [0.15, 0.2) is 5.78 Å². The smallest absolute Gasteiger partial charge is 0.185 e. The van der Waals surface area contributed by atoms with Crippen molar-refractivity contribution in [1.82, 2.24) is 0 Å². The molecule has 0 amide bonds. The molecule has 0 N–H and O–H groups in total. The Morgan fingerprint density at radius 3 is 0.710 bits per heavy atom. The molecule has 0 atom stereocenters. The predicted octanol–water partition coefficient (Wildman–Crippen LogP) is 21.4. The summed E-state index contributed by atoms with van der Waals surface area (Å²) in [6.07, 6.45) is 60.2. The highest BCUT2D eigenvalue weighted by Gasteiger charge is 2.27. The van der Waals surface area contributed by atoms with Crippen molar-refractivity contribution in [2.24, 2.45) is 0 Å². The molecule has 3 rings (SSSR count). The molecule has 1 saturated carbocycles. The van der Waals surface area contributed by atoms with Gasteiger partial charge in [-0.15, -0.1) is 0 Å². The summed E-state index contributed by atoms with van der Waals surface area (Å²) in [7, 11) is 0. The molecule has 0 aliphatic heterocycles. The highest BCUT2D eigenvalue weighted by molar-refractivity contribution is 6.20. The fraction of sp³-hybridized carbons (Fsp3) is 0.742. The summed E-state index contributed by atoms with van der Waals surface area (Å²) in [5.74, 6) is 0.218. The Bertz CT molecular complexity index is 1380. The van der Waals surface area contributed by atoms with E-state index in [1.807, 2.05) is 0 Å². The Labute approximate surface area is 429 Å². The second-order valence-corrected chi connectivity index (χ2v) is 21.7. The number of hydrogen-bond donors (Lipinski definition) is 0. The van der Waals surface area contributed by atoms with Crippen LogP contribution < -0.4 is 9.80 Å². The summed E-state index contributed by atoms with van der Waals surface area (Å²) in [4.78, 5) is 18.8. The number of nitrogens with zero attached hydrogens (tertiary/aromatic N) is 2. The number of unbranched alkanes of at least 4 members (excludes halogenated alkanes) is 36. The Morgan fingerprint density at radius 2 is 0.507 bits per heavy atom. The maximum Gasteiger partial charge on any atom is 0.185 e. The molecule has 1 aliphatic carbocycles. The minimum Gasteiger partial charge on any atom is -0.372 e. The van der Waals surface area contributed by atoms with Crippen molar-refractivity contribution in [3.8, 4) is 0 Å². The zero-order valence-corrected chi connectivity index (χ0v) is 46.4. The van der Waals surface area contributed by atoms with E-state index >= 15 is 0 Å². The summed E-state index contributed by atoms with van der Waals surface area (Å²) < 4.78 is 0. The molecule has 69 heavy (non-hydrogen) atoms. The lowest BCUT2D eigenvalue weighted by Gasteiger charge is -2.26. The first-order chi connectivity index (χ1) is 34.1. The van der Waals surface area contributed by atoms with E-state index < -0.39 is 0 Å². The van der Waals surface area contributed by atoms with Gasteiger partial charge in [-0.05, 0) is 73.2 Å². The SMILES string of the molecule is CCCCCCCCCCCCN(CCCCCCCCCCCC)c1ccc(/C=C2\C/C(=C\c3ccc(N(CCCCCCCCCCCC)CCCCCCCCCCCC)cc3)C2=O)cc1. The third-order valence-corrected chi connectivity index (χ3v) is 15.3. The molecule has 0 heterocycles. The molecule has 0 aromatic heterocycles. The van der Waals surface area contributed by atoms with Gasteiger partial charge < -0.3 is 9.80 Å². The van der Waals surface area contributed by atoms with Crippen LogP contribution in [0.15, 0.2) is 59.7 Å². The van der Waals surface area contributed by atoms with E-state index in [9.17, 15) is 4.79 Å². The Balaban J connectivity index is 1.51. The topological polar surface area (TPSA) is 23.6 Å². The zero-order chi connectivity index (χ0) is 49.1. The number of allylic oxidation sites excluding steroid dienone is 2. The molecule has 0 bridgehead atoms. The Kier molecular flexibility index (Phi) is 37.6. The fourth-order valence-corrected chi connectivity index (χ4v) is 10.6. The van der Waals surface area contributed by atoms with Crippen molar-refractivity contribution in [3.63, 3.8) is 0 Å². The van der Waals surface area contributed by atoms with Gasteiger partial charge >= 0.3 is 0 Å². The number of carbonyl (C=O) groups is 1. The molecule has 3 nitrogen and oxygen atoms in total. The van der Waals surface area contributed by atoms with Gasteiger partial charge in [0.1, 0.15) is 0 Å². The molecule has 3 heteroatoms. The lowest BCUT2D eigenvalue weighted by atomic mass is 9.82. The number of hydrogen-bond acceptors (Lipinski definition) is 3. The van der Waals surface area contributed by atoms with E-state index in [0.717, 1.165) is 54.9 Å². The largest absolute Gasteiger partial charge is 0.372 e. The van der Waals surface area contributed by atoms with Gasteiger partial charge in [-0.2, -0.15) is 0 Å². The molecule has 2 aromatic carbocycles. The number of rotatable bonds is 48. The van der Waals surface area contributed by atoms with Gasteiger partial charge in [-0.25, -0.2) is 0 Å². The van der Waals surface area contributed by atoms with Crippen LogP contribution in [0.5, 0.6) is 0 Å². The average molecular weight is 950 g/mol. The Hall–Kier alpha value is -2.81. The lowest BCUT2D eigenvalue weighted by Crippen LogP contribution is -2.25. The highest BCUT2D eigenvalue weighted by Crippen LogP contribution is 2.33. The minimum absolute atomic E-state index is 0.218. The van der Waals surface area contributed by atoms with Crippen LogP contribution in [0.4, 0.5) is 11.4 Å². The molecule has 0 saturated heterocycles. The summed E-state index contributed by atoms with van der Waals surface area (Å²) in [6, 6.07) is 18.3. The normalized spacial score (nSPS) is 13.8. The van der Waals surface area contributed by atoms with Gasteiger partial charge in [-0.3, -0.25) is 4.79 Å². The van der Waals surface area contributed by atoms with E-state index in [2.05, 4.69) is 98.2 Å². The first-order valence-electron chi connectivity index (χ1n) is 30.7. The third kappa shape index (κ3) is 30.0. The Morgan fingerprint density at radius 1 is 0.304 bits per heavy atom. The molecular formula is C66H112N2O. The van der Waals surface area contributed by atoms with Gasteiger partial charge in [0.2, 0.25) is 0 Å². The minimum atomic E-state index is 0.218. The number of carbonyl (C=O) groups excluding carboxylic acids is 1. The first kappa shape index (κ1) is 60.5. The number of ketones is 1. The molecule has 0 radical (unpaired) electrons. The molecule has 0 spiro atoms. The van der Waals surface area contributed by atoms with Gasteiger partial charge in [0.25, 0.3) is 0 Å².